The molecule has 1 saturated heterocycles. The van der Waals surface area contributed by atoms with Crippen LogP contribution in [0.15, 0.2) is 72.8 Å². The van der Waals surface area contributed by atoms with E-state index in [0.717, 1.165) is 22.4 Å². The molecular weight excluding hydrogens is 442 g/mol. The maximum absolute atomic E-state index is 12.6. The molecule has 3 amide bonds. The molecule has 1 aliphatic heterocycles. The molecule has 1 fully saturated rings. The molecule has 0 unspecified atom stereocenters. The fraction of sp³-hybridized carbons (Fsp3) is 0.250. The Labute approximate surface area is 205 Å². The summed E-state index contributed by atoms with van der Waals surface area (Å²) >= 11 is 0. The van der Waals surface area contributed by atoms with E-state index in [4.69, 9.17) is 4.74 Å². The van der Waals surface area contributed by atoms with Gasteiger partial charge in [0.25, 0.3) is 5.91 Å². The smallest absolute Gasteiger partial charge is 0.262 e. The van der Waals surface area contributed by atoms with Gasteiger partial charge < -0.3 is 20.3 Å². The van der Waals surface area contributed by atoms with Crippen molar-refractivity contribution >= 4 is 29.1 Å². The highest BCUT2D eigenvalue weighted by Gasteiger charge is 2.35. The lowest BCUT2D eigenvalue weighted by Gasteiger charge is -2.17. The van der Waals surface area contributed by atoms with Gasteiger partial charge in [-0.2, -0.15) is 0 Å². The van der Waals surface area contributed by atoms with E-state index in [2.05, 4.69) is 10.6 Å². The SMILES string of the molecule is Cc1cc(C)cc(NC(=O)COc2ccc(N3C[C@H](C(=O)NCc4ccccc4)CC3=O)cc2)c1. The van der Waals surface area contributed by atoms with Crippen molar-refractivity contribution in [3.8, 4) is 5.75 Å². The predicted molar refractivity (Wildman–Crippen MR) is 135 cm³/mol. The number of carbonyl (C=O) groups excluding carboxylic acids is 3. The Morgan fingerprint density at radius 1 is 0.971 bits per heavy atom. The number of hydrogen-bond acceptors (Lipinski definition) is 4. The molecule has 35 heavy (non-hydrogen) atoms. The van der Waals surface area contributed by atoms with E-state index >= 15 is 0 Å². The van der Waals surface area contributed by atoms with Crippen LogP contribution in [-0.2, 0) is 20.9 Å². The summed E-state index contributed by atoms with van der Waals surface area (Å²) in [6.45, 7) is 4.60. The topological polar surface area (TPSA) is 87.7 Å². The summed E-state index contributed by atoms with van der Waals surface area (Å²) in [7, 11) is 0. The van der Waals surface area contributed by atoms with Crippen LogP contribution in [0.5, 0.6) is 5.75 Å². The Bertz CT molecular complexity index is 1190. The molecule has 4 rings (SSSR count). The summed E-state index contributed by atoms with van der Waals surface area (Å²) in [5.41, 5.74) is 4.59. The molecule has 0 spiro atoms. The van der Waals surface area contributed by atoms with Gasteiger partial charge >= 0.3 is 0 Å². The van der Waals surface area contributed by atoms with Crippen LogP contribution in [0.4, 0.5) is 11.4 Å². The van der Waals surface area contributed by atoms with Crippen LogP contribution in [-0.4, -0.2) is 30.9 Å². The average molecular weight is 472 g/mol. The molecule has 0 saturated carbocycles. The molecule has 0 bridgehead atoms. The van der Waals surface area contributed by atoms with E-state index in [9.17, 15) is 14.4 Å². The number of nitrogens with zero attached hydrogens (tertiary/aromatic N) is 1. The van der Waals surface area contributed by atoms with Crippen LogP contribution in [0.3, 0.4) is 0 Å². The van der Waals surface area contributed by atoms with Crippen molar-refractivity contribution in [1.29, 1.82) is 0 Å². The van der Waals surface area contributed by atoms with Gasteiger partial charge in [-0.1, -0.05) is 36.4 Å². The van der Waals surface area contributed by atoms with Gasteiger partial charge in [-0.3, -0.25) is 14.4 Å². The Balaban J connectivity index is 1.27. The number of aryl methyl sites for hydroxylation is 2. The Morgan fingerprint density at radius 3 is 2.34 bits per heavy atom. The molecule has 1 aliphatic rings. The minimum absolute atomic E-state index is 0.0913. The number of carbonyl (C=O) groups is 3. The number of amides is 3. The van der Waals surface area contributed by atoms with E-state index in [1.165, 1.54) is 0 Å². The molecule has 2 N–H and O–H groups in total. The Hall–Kier alpha value is -4.13. The summed E-state index contributed by atoms with van der Waals surface area (Å²) in [5, 5.41) is 5.75. The third-order valence-electron chi connectivity index (χ3n) is 5.83. The van der Waals surface area contributed by atoms with Crippen LogP contribution in [0.2, 0.25) is 0 Å². The highest BCUT2D eigenvalue weighted by molar-refractivity contribution is 6.00. The van der Waals surface area contributed by atoms with Crippen molar-refractivity contribution in [2.75, 3.05) is 23.4 Å². The second kappa shape index (κ2) is 10.9. The normalized spacial score (nSPS) is 15.1. The Kier molecular flexibility index (Phi) is 7.45. The fourth-order valence-electron chi connectivity index (χ4n) is 4.18. The molecule has 3 aromatic rings. The molecular formula is C28H29N3O4. The highest BCUT2D eigenvalue weighted by atomic mass is 16.5. The molecule has 180 valence electrons. The first-order chi connectivity index (χ1) is 16.9. The molecule has 0 aliphatic carbocycles. The molecule has 7 heteroatoms. The monoisotopic (exact) mass is 471 g/mol. The minimum atomic E-state index is -0.393. The zero-order valence-corrected chi connectivity index (χ0v) is 19.9. The van der Waals surface area contributed by atoms with E-state index in [1.54, 1.807) is 29.2 Å². The zero-order chi connectivity index (χ0) is 24.8. The van der Waals surface area contributed by atoms with Crippen molar-refractivity contribution < 1.29 is 19.1 Å². The van der Waals surface area contributed by atoms with Gasteiger partial charge in [0.1, 0.15) is 5.75 Å². The largest absolute Gasteiger partial charge is 0.484 e. The van der Waals surface area contributed by atoms with Crippen LogP contribution in [0, 0.1) is 19.8 Å². The van der Waals surface area contributed by atoms with Gasteiger partial charge in [0.2, 0.25) is 11.8 Å². The number of benzene rings is 3. The van der Waals surface area contributed by atoms with Crippen molar-refractivity contribution in [1.82, 2.24) is 5.32 Å². The van der Waals surface area contributed by atoms with Crippen LogP contribution >= 0.6 is 0 Å². The maximum atomic E-state index is 12.6. The lowest BCUT2D eigenvalue weighted by molar-refractivity contribution is -0.126. The summed E-state index contributed by atoms with van der Waals surface area (Å²) in [6.07, 6.45) is 0.178. The summed E-state index contributed by atoms with van der Waals surface area (Å²) < 4.78 is 5.60. The zero-order valence-electron chi connectivity index (χ0n) is 19.9. The van der Waals surface area contributed by atoms with Crippen LogP contribution in [0.25, 0.3) is 0 Å². The summed E-state index contributed by atoms with van der Waals surface area (Å²) in [4.78, 5) is 39.0. The van der Waals surface area contributed by atoms with E-state index < -0.39 is 5.92 Å². The number of anilines is 2. The van der Waals surface area contributed by atoms with Crippen LogP contribution < -0.4 is 20.3 Å². The molecule has 0 aromatic heterocycles. The lowest BCUT2D eigenvalue weighted by Crippen LogP contribution is -2.32. The first-order valence-corrected chi connectivity index (χ1v) is 11.6. The quantitative estimate of drug-likeness (QED) is 0.520. The maximum Gasteiger partial charge on any atom is 0.262 e. The minimum Gasteiger partial charge on any atom is -0.484 e. The highest BCUT2D eigenvalue weighted by Crippen LogP contribution is 2.27. The fourth-order valence-corrected chi connectivity index (χ4v) is 4.18. The van der Waals surface area contributed by atoms with Gasteiger partial charge in [-0.05, 0) is 66.9 Å². The first-order valence-electron chi connectivity index (χ1n) is 11.6. The summed E-state index contributed by atoms with van der Waals surface area (Å²) in [6, 6.07) is 22.5. The lowest BCUT2D eigenvalue weighted by atomic mass is 10.1. The molecule has 7 nitrogen and oxygen atoms in total. The first kappa shape index (κ1) is 24.0. The van der Waals surface area contributed by atoms with Crippen molar-refractivity contribution in [2.24, 2.45) is 5.92 Å². The van der Waals surface area contributed by atoms with Crippen molar-refractivity contribution in [2.45, 2.75) is 26.8 Å². The number of rotatable bonds is 8. The van der Waals surface area contributed by atoms with E-state index in [-0.39, 0.29) is 30.7 Å². The van der Waals surface area contributed by atoms with Gasteiger partial charge in [-0.25, -0.2) is 0 Å². The van der Waals surface area contributed by atoms with Gasteiger partial charge in [0.15, 0.2) is 6.61 Å². The van der Waals surface area contributed by atoms with Gasteiger partial charge in [0, 0.05) is 30.9 Å². The second-order valence-corrected chi connectivity index (χ2v) is 8.82. The third kappa shape index (κ3) is 6.47. The van der Waals surface area contributed by atoms with Crippen molar-refractivity contribution in [3.05, 3.63) is 89.5 Å². The third-order valence-corrected chi connectivity index (χ3v) is 5.83. The van der Waals surface area contributed by atoms with Crippen molar-refractivity contribution in [3.63, 3.8) is 0 Å². The molecule has 0 radical (unpaired) electrons. The van der Waals surface area contributed by atoms with E-state index in [0.29, 0.717) is 24.5 Å². The average Bonchev–Trinajstić information content (AvgIpc) is 3.23. The molecule has 1 heterocycles. The Morgan fingerprint density at radius 2 is 1.66 bits per heavy atom. The molecule has 1 atom stereocenters. The van der Waals surface area contributed by atoms with Gasteiger partial charge in [-0.15, -0.1) is 0 Å². The number of ether oxygens (including phenoxy) is 1. The summed E-state index contributed by atoms with van der Waals surface area (Å²) in [5.74, 6) is -0.340. The molecule has 3 aromatic carbocycles. The van der Waals surface area contributed by atoms with Gasteiger partial charge in [0.05, 0.1) is 5.92 Å². The van der Waals surface area contributed by atoms with Crippen LogP contribution in [0.1, 0.15) is 23.1 Å². The number of nitrogens with one attached hydrogen (secondary N) is 2. The standard InChI is InChI=1S/C28H29N3O4/c1-19-12-20(2)14-23(13-19)30-26(32)18-35-25-10-8-24(9-11-25)31-17-22(15-27(31)33)28(34)29-16-21-6-4-3-5-7-21/h3-14,22H,15-18H2,1-2H3,(H,29,34)(H,30,32)/t22-/m1/s1. The second-order valence-electron chi connectivity index (χ2n) is 8.82. The predicted octanol–water partition coefficient (Wildman–Crippen LogP) is 3.99. The number of hydrogen-bond donors (Lipinski definition) is 2. The van der Waals surface area contributed by atoms with E-state index in [1.807, 2.05) is 62.4 Å².